The molecule has 92 valence electrons. The van der Waals surface area contributed by atoms with Gasteiger partial charge in [-0.2, -0.15) is 0 Å². The normalized spacial score (nSPS) is 16.6. The van der Waals surface area contributed by atoms with Crippen LogP contribution in [0.2, 0.25) is 0 Å². The van der Waals surface area contributed by atoms with Crippen LogP contribution in [0.25, 0.3) is 6.08 Å². The third-order valence-electron chi connectivity index (χ3n) is 3.14. The van der Waals surface area contributed by atoms with E-state index in [1.54, 1.807) is 7.11 Å². The van der Waals surface area contributed by atoms with Gasteiger partial charge in [-0.3, -0.25) is 0 Å². The Kier molecular flexibility index (Phi) is 4.08. The fourth-order valence-electron chi connectivity index (χ4n) is 2.27. The molecule has 1 aromatic carbocycles. The van der Waals surface area contributed by atoms with Crippen molar-refractivity contribution in [2.45, 2.75) is 38.7 Å². The molecule has 2 rings (SSSR count). The van der Waals surface area contributed by atoms with Crippen LogP contribution in [0.1, 0.15) is 38.2 Å². The quantitative estimate of drug-likeness (QED) is 0.779. The summed E-state index contributed by atoms with van der Waals surface area (Å²) < 4.78 is 11.4. The molecule has 0 radical (unpaired) electrons. The molecule has 1 saturated carbocycles. The second kappa shape index (κ2) is 5.76. The highest BCUT2D eigenvalue weighted by Gasteiger charge is 2.18. The van der Waals surface area contributed by atoms with Gasteiger partial charge in [-0.25, -0.2) is 0 Å². The Balaban J connectivity index is 2.18. The molecule has 0 bridgehead atoms. The lowest BCUT2D eigenvalue weighted by Gasteiger charge is -2.16. The average molecular weight is 232 g/mol. The van der Waals surface area contributed by atoms with Crippen LogP contribution in [0, 0.1) is 0 Å². The number of hydrogen-bond acceptors (Lipinski definition) is 2. The topological polar surface area (TPSA) is 18.5 Å². The second-order valence-electron chi connectivity index (χ2n) is 4.43. The van der Waals surface area contributed by atoms with Crippen LogP contribution < -0.4 is 9.47 Å². The highest BCUT2D eigenvalue weighted by molar-refractivity contribution is 5.55. The zero-order valence-corrected chi connectivity index (χ0v) is 10.6. The molecule has 0 amide bonds. The zero-order chi connectivity index (χ0) is 12.1. The van der Waals surface area contributed by atoms with Gasteiger partial charge < -0.3 is 9.47 Å². The minimum atomic E-state index is 0.366. The van der Waals surface area contributed by atoms with E-state index in [4.69, 9.17) is 9.47 Å². The Bertz CT molecular complexity index is 390. The van der Waals surface area contributed by atoms with E-state index in [1.165, 1.54) is 12.8 Å². The molecular weight excluding hydrogens is 212 g/mol. The molecule has 0 heterocycles. The van der Waals surface area contributed by atoms with E-state index < -0.39 is 0 Å². The number of rotatable bonds is 4. The molecule has 0 saturated heterocycles. The lowest BCUT2D eigenvalue weighted by Crippen LogP contribution is -2.11. The van der Waals surface area contributed by atoms with Gasteiger partial charge in [-0.05, 0) is 50.3 Å². The third-order valence-corrected chi connectivity index (χ3v) is 3.14. The van der Waals surface area contributed by atoms with Crippen LogP contribution in [-0.4, -0.2) is 13.2 Å². The highest BCUT2D eigenvalue weighted by Crippen LogP contribution is 2.32. The average Bonchev–Trinajstić information content (AvgIpc) is 2.83. The fourth-order valence-corrected chi connectivity index (χ4v) is 2.27. The summed E-state index contributed by atoms with van der Waals surface area (Å²) in [6.07, 6.45) is 9.35. The van der Waals surface area contributed by atoms with Crippen molar-refractivity contribution >= 4 is 6.08 Å². The number of ether oxygens (including phenoxy) is 2. The van der Waals surface area contributed by atoms with Crippen LogP contribution in [-0.2, 0) is 0 Å². The van der Waals surface area contributed by atoms with Gasteiger partial charge in [0.05, 0.1) is 13.2 Å². The molecule has 2 heteroatoms. The first-order valence-electron chi connectivity index (χ1n) is 6.31. The van der Waals surface area contributed by atoms with Crippen LogP contribution >= 0.6 is 0 Å². The van der Waals surface area contributed by atoms with Crippen molar-refractivity contribution in [3.05, 3.63) is 29.8 Å². The predicted octanol–water partition coefficient (Wildman–Crippen LogP) is 4.05. The van der Waals surface area contributed by atoms with Crippen LogP contribution in [0.5, 0.6) is 11.5 Å². The van der Waals surface area contributed by atoms with E-state index in [-0.39, 0.29) is 0 Å². The minimum Gasteiger partial charge on any atom is -0.493 e. The maximum atomic E-state index is 6.03. The Labute approximate surface area is 103 Å². The summed E-state index contributed by atoms with van der Waals surface area (Å²) in [5.74, 6) is 1.69. The number of allylic oxidation sites excluding steroid dienone is 1. The van der Waals surface area contributed by atoms with Crippen molar-refractivity contribution in [3.8, 4) is 11.5 Å². The molecule has 0 aliphatic heterocycles. The maximum Gasteiger partial charge on any atom is 0.162 e. The van der Waals surface area contributed by atoms with E-state index in [0.717, 1.165) is 29.9 Å². The monoisotopic (exact) mass is 232 g/mol. The number of benzene rings is 1. The summed E-state index contributed by atoms with van der Waals surface area (Å²) in [5, 5.41) is 0. The highest BCUT2D eigenvalue weighted by atomic mass is 16.5. The number of hydrogen-bond donors (Lipinski definition) is 0. The van der Waals surface area contributed by atoms with Crippen molar-refractivity contribution in [1.82, 2.24) is 0 Å². The first-order chi connectivity index (χ1) is 8.33. The van der Waals surface area contributed by atoms with Crippen molar-refractivity contribution in [1.29, 1.82) is 0 Å². The van der Waals surface area contributed by atoms with Crippen molar-refractivity contribution < 1.29 is 9.47 Å². The van der Waals surface area contributed by atoms with Gasteiger partial charge in [0.15, 0.2) is 11.5 Å². The summed E-state index contributed by atoms with van der Waals surface area (Å²) in [5.41, 5.74) is 1.15. The second-order valence-corrected chi connectivity index (χ2v) is 4.43. The molecule has 1 aromatic rings. The molecule has 17 heavy (non-hydrogen) atoms. The van der Waals surface area contributed by atoms with Gasteiger partial charge in [0, 0.05) is 0 Å². The van der Waals surface area contributed by atoms with Gasteiger partial charge >= 0.3 is 0 Å². The van der Waals surface area contributed by atoms with Crippen molar-refractivity contribution in [2.24, 2.45) is 0 Å². The van der Waals surface area contributed by atoms with Gasteiger partial charge in [0.1, 0.15) is 0 Å². The molecule has 0 unspecified atom stereocenters. The molecule has 1 aliphatic rings. The molecule has 1 fully saturated rings. The summed E-state index contributed by atoms with van der Waals surface area (Å²) in [7, 11) is 1.69. The first-order valence-corrected chi connectivity index (χ1v) is 6.31. The Hall–Kier alpha value is -1.44. The SMILES string of the molecule is C/C=C/c1ccc(OC)c(OC2CCCC2)c1. The standard InChI is InChI=1S/C15H20O2/c1-3-6-12-9-10-14(16-2)15(11-12)17-13-7-4-5-8-13/h3,6,9-11,13H,4-5,7-8H2,1-2H3/b6-3+. The summed E-state index contributed by atoms with van der Waals surface area (Å²) in [6, 6.07) is 6.07. The molecular formula is C15H20O2. The lowest BCUT2D eigenvalue weighted by atomic mass is 10.2. The Morgan fingerprint density at radius 1 is 1.18 bits per heavy atom. The summed E-state index contributed by atoms with van der Waals surface area (Å²) in [4.78, 5) is 0. The minimum absolute atomic E-state index is 0.366. The van der Waals surface area contributed by atoms with E-state index in [1.807, 2.05) is 25.1 Å². The van der Waals surface area contributed by atoms with Gasteiger partial charge in [-0.15, -0.1) is 0 Å². The molecule has 0 N–H and O–H groups in total. The largest absolute Gasteiger partial charge is 0.493 e. The zero-order valence-electron chi connectivity index (χ0n) is 10.6. The predicted molar refractivity (Wildman–Crippen MR) is 70.6 cm³/mol. The molecule has 0 aromatic heterocycles. The first kappa shape index (κ1) is 12.0. The lowest BCUT2D eigenvalue weighted by molar-refractivity contribution is 0.201. The molecule has 0 spiro atoms. The van der Waals surface area contributed by atoms with Crippen molar-refractivity contribution in [2.75, 3.05) is 7.11 Å². The van der Waals surface area contributed by atoms with Crippen LogP contribution in [0.4, 0.5) is 0 Å². The third kappa shape index (κ3) is 3.02. The van der Waals surface area contributed by atoms with E-state index >= 15 is 0 Å². The van der Waals surface area contributed by atoms with Crippen LogP contribution in [0.15, 0.2) is 24.3 Å². The molecule has 2 nitrogen and oxygen atoms in total. The fraction of sp³-hybridized carbons (Fsp3) is 0.467. The summed E-state index contributed by atoms with van der Waals surface area (Å²) in [6.45, 7) is 2.02. The van der Waals surface area contributed by atoms with Gasteiger partial charge in [0.2, 0.25) is 0 Å². The summed E-state index contributed by atoms with van der Waals surface area (Å²) >= 11 is 0. The van der Waals surface area contributed by atoms with Crippen molar-refractivity contribution in [3.63, 3.8) is 0 Å². The van der Waals surface area contributed by atoms with Gasteiger partial charge in [0.25, 0.3) is 0 Å². The Morgan fingerprint density at radius 2 is 1.94 bits per heavy atom. The van der Waals surface area contributed by atoms with Crippen LogP contribution in [0.3, 0.4) is 0 Å². The molecule has 1 aliphatic carbocycles. The molecule has 0 atom stereocenters. The van der Waals surface area contributed by atoms with E-state index in [2.05, 4.69) is 12.1 Å². The van der Waals surface area contributed by atoms with E-state index in [0.29, 0.717) is 6.10 Å². The van der Waals surface area contributed by atoms with Gasteiger partial charge in [-0.1, -0.05) is 18.2 Å². The smallest absolute Gasteiger partial charge is 0.162 e. The Morgan fingerprint density at radius 3 is 2.59 bits per heavy atom. The number of methoxy groups -OCH3 is 1. The van der Waals surface area contributed by atoms with E-state index in [9.17, 15) is 0 Å². The maximum absolute atomic E-state index is 6.03.